The van der Waals surface area contributed by atoms with Gasteiger partial charge in [0.1, 0.15) is 0 Å². The zero-order valence-corrected chi connectivity index (χ0v) is 15.6. The summed E-state index contributed by atoms with van der Waals surface area (Å²) in [7, 11) is -3.75. The minimum atomic E-state index is -3.75. The standard InChI is InChI=1S/C17H18N4O3S2/c1-2-15(25-17-20-13-5-3-4-6-14(13)21-17)16(22)19-11-7-9-12(10-8-11)26(18,23)24/h3-10,15H,2H2,1H3,(H,19,22)(H,20,21)(H2,18,23,24)/t15-/m1/s1. The van der Waals surface area contributed by atoms with Crippen LogP contribution in [0, 0.1) is 0 Å². The van der Waals surface area contributed by atoms with Gasteiger partial charge < -0.3 is 10.3 Å². The number of primary sulfonamides is 1. The fourth-order valence-corrected chi connectivity index (χ4v) is 3.83. The molecule has 0 aliphatic rings. The molecule has 3 aromatic rings. The van der Waals surface area contributed by atoms with Crippen molar-refractivity contribution in [2.75, 3.05) is 5.32 Å². The first kappa shape index (κ1) is 18.4. The number of aromatic nitrogens is 2. The number of nitrogens with one attached hydrogen (secondary N) is 2. The van der Waals surface area contributed by atoms with Gasteiger partial charge in [0.25, 0.3) is 0 Å². The Balaban J connectivity index is 1.70. The van der Waals surface area contributed by atoms with Crippen molar-refractivity contribution in [1.82, 2.24) is 9.97 Å². The third kappa shape index (κ3) is 4.24. The van der Waals surface area contributed by atoms with Gasteiger partial charge in [-0.05, 0) is 42.8 Å². The molecule has 2 aromatic carbocycles. The van der Waals surface area contributed by atoms with Gasteiger partial charge in [0.15, 0.2) is 5.16 Å². The lowest BCUT2D eigenvalue weighted by atomic mass is 10.3. The molecule has 3 rings (SSSR count). The second-order valence-corrected chi connectivity index (χ2v) is 8.39. The second kappa shape index (κ2) is 7.48. The molecule has 0 saturated carbocycles. The molecule has 1 atom stereocenters. The highest BCUT2D eigenvalue weighted by atomic mass is 32.2. The number of nitrogens with zero attached hydrogens (tertiary/aromatic N) is 1. The topological polar surface area (TPSA) is 118 Å². The zero-order chi connectivity index (χ0) is 18.7. The minimum absolute atomic E-state index is 0.000749. The lowest BCUT2D eigenvalue weighted by Gasteiger charge is -2.13. The number of H-pyrrole nitrogens is 1. The van der Waals surface area contributed by atoms with Crippen molar-refractivity contribution in [3.63, 3.8) is 0 Å². The number of rotatable bonds is 6. The highest BCUT2D eigenvalue weighted by Gasteiger charge is 2.20. The predicted octanol–water partition coefficient (Wildman–Crippen LogP) is 2.72. The molecule has 0 bridgehead atoms. The molecule has 0 fully saturated rings. The molecule has 0 saturated heterocycles. The fraction of sp³-hybridized carbons (Fsp3) is 0.176. The van der Waals surface area contributed by atoms with Crippen molar-refractivity contribution in [3.05, 3.63) is 48.5 Å². The Hall–Kier alpha value is -2.36. The van der Waals surface area contributed by atoms with E-state index in [1.165, 1.54) is 36.0 Å². The summed E-state index contributed by atoms with van der Waals surface area (Å²) in [6, 6.07) is 13.4. The number of sulfonamides is 1. The average molecular weight is 390 g/mol. The lowest BCUT2D eigenvalue weighted by molar-refractivity contribution is -0.115. The first-order valence-corrected chi connectivity index (χ1v) is 10.3. The molecule has 0 radical (unpaired) electrons. The summed E-state index contributed by atoms with van der Waals surface area (Å²) in [5.41, 5.74) is 2.28. The first-order valence-electron chi connectivity index (χ1n) is 7.92. The van der Waals surface area contributed by atoms with Crippen LogP contribution in [0.5, 0.6) is 0 Å². The van der Waals surface area contributed by atoms with Gasteiger partial charge in [-0.25, -0.2) is 18.5 Å². The van der Waals surface area contributed by atoms with Crippen molar-refractivity contribution in [1.29, 1.82) is 0 Å². The van der Waals surface area contributed by atoms with Crippen molar-refractivity contribution in [2.45, 2.75) is 28.6 Å². The van der Waals surface area contributed by atoms with E-state index in [2.05, 4.69) is 15.3 Å². The molecule has 1 heterocycles. The van der Waals surface area contributed by atoms with Gasteiger partial charge in [0, 0.05) is 5.69 Å². The number of hydrogen-bond acceptors (Lipinski definition) is 5. The van der Waals surface area contributed by atoms with E-state index in [9.17, 15) is 13.2 Å². The maximum Gasteiger partial charge on any atom is 0.238 e. The molecule has 0 aliphatic carbocycles. The monoisotopic (exact) mass is 390 g/mol. The summed E-state index contributed by atoms with van der Waals surface area (Å²) in [5.74, 6) is -0.179. The molecule has 7 nitrogen and oxygen atoms in total. The predicted molar refractivity (Wildman–Crippen MR) is 102 cm³/mol. The number of carbonyl (C=O) groups excluding carboxylic acids is 1. The van der Waals surface area contributed by atoms with E-state index in [0.717, 1.165) is 11.0 Å². The molecular formula is C17H18N4O3S2. The van der Waals surface area contributed by atoms with Crippen LogP contribution >= 0.6 is 11.8 Å². The van der Waals surface area contributed by atoms with E-state index in [-0.39, 0.29) is 16.1 Å². The van der Waals surface area contributed by atoms with Crippen LogP contribution in [0.3, 0.4) is 0 Å². The number of fused-ring (bicyclic) bond motifs is 1. The van der Waals surface area contributed by atoms with Gasteiger partial charge in [0.2, 0.25) is 15.9 Å². The largest absolute Gasteiger partial charge is 0.333 e. The number of para-hydroxylation sites is 2. The van der Waals surface area contributed by atoms with Gasteiger partial charge in [-0.15, -0.1) is 0 Å². The molecule has 1 aromatic heterocycles. The van der Waals surface area contributed by atoms with E-state index < -0.39 is 10.0 Å². The van der Waals surface area contributed by atoms with Crippen LogP contribution in [0.15, 0.2) is 58.6 Å². The quantitative estimate of drug-likeness (QED) is 0.559. The molecule has 136 valence electrons. The Bertz CT molecular complexity index is 997. The second-order valence-electron chi connectivity index (χ2n) is 5.63. The molecule has 0 aliphatic heterocycles. The number of amides is 1. The highest BCUT2D eigenvalue weighted by Crippen LogP contribution is 2.26. The number of aromatic amines is 1. The van der Waals surface area contributed by atoms with E-state index in [0.29, 0.717) is 17.3 Å². The van der Waals surface area contributed by atoms with Crippen LogP contribution in [0.4, 0.5) is 5.69 Å². The Morgan fingerprint density at radius 2 is 1.92 bits per heavy atom. The van der Waals surface area contributed by atoms with Gasteiger partial charge in [-0.3, -0.25) is 4.79 Å². The Labute approximate surface area is 155 Å². The number of imidazole rings is 1. The van der Waals surface area contributed by atoms with Crippen molar-refractivity contribution in [3.8, 4) is 0 Å². The van der Waals surface area contributed by atoms with Gasteiger partial charge >= 0.3 is 0 Å². The average Bonchev–Trinajstić information content (AvgIpc) is 3.01. The van der Waals surface area contributed by atoms with E-state index in [4.69, 9.17) is 5.14 Å². The lowest BCUT2D eigenvalue weighted by Crippen LogP contribution is -2.24. The van der Waals surface area contributed by atoms with Gasteiger partial charge in [-0.1, -0.05) is 30.8 Å². The van der Waals surface area contributed by atoms with Crippen LogP contribution in [0.1, 0.15) is 13.3 Å². The summed E-state index contributed by atoms with van der Waals surface area (Å²) >= 11 is 1.35. The number of hydrogen-bond donors (Lipinski definition) is 3. The van der Waals surface area contributed by atoms with Crippen LogP contribution < -0.4 is 10.5 Å². The molecular weight excluding hydrogens is 372 g/mol. The number of thioether (sulfide) groups is 1. The van der Waals surface area contributed by atoms with Crippen LogP contribution in [-0.4, -0.2) is 29.5 Å². The number of anilines is 1. The number of benzene rings is 2. The maximum atomic E-state index is 12.5. The smallest absolute Gasteiger partial charge is 0.238 e. The summed E-state index contributed by atoms with van der Waals surface area (Å²) in [6.45, 7) is 1.92. The highest BCUT2D eigenvalue weighted by molar-refractivity contribution is 8.00. The Morgan fingerprint density at radius 1 is 1.23 bits per heavy atom. The van der Waals surface area contributed by atoms with Crippen LogP contribution in [0.25, 0.3) is 11.0 Å². The summed E-state index contributed by atoms with van der Waals surface area (Å²) in [5, 5.41) is 8.19. The van der Waals surface area contributed by atoms with Crippen molar-refractivity contribution < 1.29 is 13.2 Å². The van der Waals surface area contributed by atoms with Crippen LogP contribution in [-0.2, 0) is 14.8 Å². The first-order chi connectivity index (χ1) is 12.4. The summed E-state index contributed by atoms with van der Waals surface area (Å²) in [6.07, 6.45) is 0.614. The van der Waals surface area contributed by atoms with Crippen molar-refractivity contribution >= 4 is 44.4 Å². The molecule has 0 unspecified atom stereocenters. The number of nitrogens with two attached hydrogens (primary N) is 1. The number of carbonyl (C=O) groups is 1. The maximum absolute atomic E-state index is 12.5. The van der Waals surface area contributed by atoms with Crippen LogP contribution in [0.2, 0.25) is 0 Å². The van der Waals surface area contributed by atoms with Gasteiger partial charge in [-0.2, -0.15) is 0 Å². The van der Waals surface area contributed by atoms with E-state index >= 15 is 0 Å². The normalized spacial score (nSPS) is 12.8. The minimum Gasteiger partial charge on any atom is -0.333 e. The third-order valence-electron chi connectivity index (χ3n) is 3.74. The van der Waals surface area contributed by atoms with E-state index in [1.807, 2.05) is 31.2 Å². The SMILES string of the molecule is CC[C@@H](Sc1nc2ccccc2[nH]1)C(=O)Nc1ccc(S(N)(=O)=O)cc1. The van der Waals surface area contributed by atoms with Crippen molar-refractivity contribution in [2.24, 2.45) is 5.14 Å². The molecule has 26 heavy (non-hydrogen) atoms. The van der Waals surface area contributed by atoms with E-state index in [1.54, 1.807) is 0 Å². The Kier molecular flexibility index (Phi) is 5.30. The summed E-state index contributed by atoms with van der Waals surface area (Å²) in [4.78, 5) is 20.2. The zero-order valence-electron chi connectivity index (χ0n) is 14.0. The molecule has 4 N–H and O–H groups in total. The fourth-order valence-electron chi connectivity index (χ4n) is 2.39. The Morgan fingerprint density at radius 3 is 2.54 bits per heavy atom. The molecule has 1 amide bonds. The molecule has 0 spiro atoms. The van der Waals surface area contributed by atoms with Gasteiger partial charge in [0.05, 0.1) is 21.2 Å². The molecule has 9 heteroatoms. The third-order valence-corrected chi connectivity index (χ3v) is 5.91. The summed E-state index contributed by atoms with van der Waals surface area (Å²) < 4.78 is 22.5.